The van der Waals surface area contributed by atoms with Crippen molar-refractivity contribution in [3.05, 3.63) is 86.8 Å². The van der Waals surface area contributed by atoms with Crippen molar-refractivity contribution in [3.63, 3.8) is 0 Å². The fourth-order valence-corrected chi connectivity index (χ4v) is 4.44. The van der Waals surface area contributed by atoms with Crippen molar-refractivity contribution in [1.82, 2.24) is 14.8 Å². The molecular weight excluding hydrogens is 402 g/mol. The summed E-state index contributed by atoms with van der Waals surface area (Å²) in [5, 5.41) is 4.02. The van der Waals surface area contributed by atoms with Gasteiger partial charge < -0.3 is 4.74 Å². The Labute approximate surface area is 177 Å². The topological polar surface area (TPSA) is 77.0 Å². The van der Waals surface area contributed by atoms with Crippen LogP contribution >= 0.6 is 11.6 Å². The molecule has 1 N–H and O–H groups in total. The Morgan fingerprint density at radius 3 is 2.77 bits per heavy atom. The summed E-state index contributed by atoms with van der Waals surface area (Å²) in [5.74, 6) is 0.659. The van der Waals surface area contributed by atoms with Gasteiger partial charge >= 0.3 is 0 Å². The molecule has 6 nitrogen and oxygen atoms in total. The number of benzene rings is 2. The number of fused-ring (bicyclic) bond motifs is 3. The third-order valence-electron chi connectivity index (χ3n) is 5.65. The van der Waals surface area contributed by atoms with Gasteiger partial charge in [0.05, 0.1) is 18.2 Å². The van der Waals surface area contributed by atoms with Gasteiger partial charge in [-0.1, -0.05) is 35.9 Å². The van der Waals surface area contributed by atoms with Gasteiger partial charge in [0, 0.05) is 23.2 Å². The zero-order valence-corrected chi connectivity index (χ0v) is 16.9. The summed E-state index contributed by atoms with van der Waals surface area (Å²) in [6.45, 7) is 0. The molecule has 1 atom stereocenters. The lowest BCUT2D eigenvalue weighted by atomic mass is 9.79. The number of rotatable bonds is 3. The summed E-state index contributed by atoms with van der Waals surface area (Å²) in [5.41, 5.74) is 3.03. The van der Waals surface area contributed by atoms with Gasteiger partial charge in [0.2, 0.25) is 0 Å². The lowest BCUT2D eigenvalue weighted by Gasteiger charge is -2.25. The highest BCUT2D eigenvalue weighted by Gasteiger charge is 2.31. The molecule has 1 aliphatic rings. The van der Waals surface area contributed by atoms with Gasteiger partial charge in [-0.25, -0.2) is 9.67 Å². The normalized spacial score (nSPS) is 15.9. The number of ether oxygens (including phenoxy) is 1. The molecule has 1 aliphatic carbocycles. The number of aromatic amines is 1. The third kappa shape index (κ3) is 2.92. The molecule has 4 aromatic rings. The number of nitrogens with one attached hydrogen (secondary N) is 1. The first-order valence-corrected chi connectivity index (χ1v) is 9.99. The Morgan fingerprint density at radius 1 is 1.13 bits per heavy atom. The van der Waals surface area contributed by atoms with Crippen LogP contribution in [-0.2, 0) is 6.42 Å². The van der Waals surface area contributed by atoms with Gasteiger partial charge in [-0.3, -0.25) is 14.7 Å². The van der Waals surface area contributed by atoms with Gasteiger partial charge in [0.1, 0.15) is 5.75 Å². The molecule has 0 saturated heterocycles. The Balaban J connectivity index is 1.68. The van der Waals surface area contributed by atoms with E-state index in [0.717, 1.165) is 16.9 Å². The minimum Gasteiger partial charge on any atom is -0.496 e. The third-order valence-corrected chi connectivity index (χ3v) is 5.88. The molecule has 0 saturated carbocycles. The molecule has 2 heterocycles. The second-order valence-corrected chi connectivity index (χ2v) is 7.81. The van der Waals surface area contributed by atoms with Gasteiger partial charge in [-0.05, 0) is 47.7 Å². The van der Waals surface area contributed by atoms with E-state index in [-0.39, 0.29) is 17.3 Å². The second-order valence-electron chi connectivity index (χ2n) is 7.38. The van der Waals surface area contributed by atoms with Crippen LogP contribution in [0.15, 0.2) is 59.5 Å². The molecule has 0 radical (unpaired) electrons. The van der Waals surface area contributed by atoms with E-state index in [4.69, 9.17) is 16.3 Å². The van der Waals surface area contributed by atoms with Crippen molar-refractivity contribution < 1.29 is 9.53 Å². The zero-order chi connectivity index (χ0) is 20.8. The molecule has 0 bridgehead atoms. The van der Waals surface area contributed by atoms with E-state index in [9.17, 15) is 9.59 Å². The van der Waals surface area contributed by atoms with Crippen LogP contribution in [0.1, 0.15) is 33.8 Å². The van der Waals surface area contributed by atoms with Crippen LogP contribution in [0.25, 0.3) is 16.7 Å². The smallest absolute Gasteiger partial charge is 0.281 e. The monoisotopic (exact) mass is 419 g/mol. The number of pyridine rings is 1. The second kappa shape index (κ2) is 7.15. The van der Waals surface area contributed by atoms with E-state index in [1.807, 2.05) is 24.3 Å². The number of aromatic nitrogens is 3. The Morgan fingerprint density at radius 2 is 1.97 bits per heavy atom. The van der Waals surface area contributed by atoms with Crippen molar-refractivity contribution >= 4 is 28.4 Å². The van der Waals surface area contributed by atoms with Crippen LogP contribution in [0.5, 0.6) is 5.75 Å². The molecule has 0 aliphatic heterocycles. The predicted octanol–water partition coefficient (Wildman–Crippen LogP) is 4.29. The lowest BCUT2D eigenvalue weighted by molar-refractivity contribution is 0.0964. The van der Waals surface area contributed by atoms with E-state index in [2.05, 4.69) is 10.1 Å². The summed E-state index contributed by atoms with van der Waals surface area (Å²) in [4.78, 5) is 30.6. The molecule has 0 fully saturated rings. The van der Waals surface area contributed by atoms with Crippen molar-refractivity contribution in [1.29, 1.82) is 0 Å². The highest BCUT2D eigenvalue weighted by molar-refractivity contribution is 6.30. The number of methoxy groups -OCH3 is 1. The summed E-state index contributed by atoms with van der Waals surface area (Å²) in [6, 6.07) is 14.7. The average Bonchev–Trinajstić information content (AvgIpc) is 3.10. The number of Topliss-reactive ketones (excluding diaryl/α,β-unsaturated/α-hetero) is 1. The predicted molar refractivity (Wildman–Crippen MR) is 115 cm³/mol. The maximum atomic E-state index is 13.3. The summed E-state index contributed by atoms with van der Waals surface area (Å²) >= 11 is 6.09. The van der Waals surface area contributed by atoms with Gasteiger partial charge in [0.25, 0.3) is 5.56 Å². The largest absolute Gasteiger partial charge is 0.496 e. The number of nitrogens with zero attached hydrogens (tertiary/aromatic N) is 2. The van der Waals surface area contributed by atoms with Crippen molar-refractivity contribution in [2.45, 2.75) is 18.8 Å². The summed E-state index contributed by atoms with van der Waals surface area (Å²) in [6.07, 6.45) is 2.48. The Hall–Kier alpha value is -3.38. The standard InChI is InChI=1S/C23H18ClN3O3/c1-30-20-8-3-2-7-16(20)13-9-17-18(19(28)10-13)12-25-22-21(17)23(29)27(26-22)15-6-4-5-14(24)11-15/h2-8,11-13H,9-10H2,1H3,(H,25,26)/t13-/m0/s1. The van der Waals surface area contributed by atoms with E-state index in [1.165, 1.54) is 4.68 Å². The van der Waals surface area contributed by atoms with E-state index < -0.39 is 0 Å². The molecule has 7 heteroatoms. The van der Waals surface area contributed by atoms with Crippen molar-refractivity contribution in [2.75, 3.05) is 7.11 Å². The van der Waals surface area contributed by atoms with Crippen molar-refractivity contribution in [3.8, 4) is 11.4 Å². The minimum atomic E-state index is -0.245. The molecule has 0 spiro atoms. The van der Waals surface area contributed by atoms with E-state index in [0.29, 0.717) is 40.1 Å². The molecule has 0 unspecified atom stereocenters. The molecule has 5 rings (SSSR count). The van der Waals surface area contributed by atoms with Crippen LogP contribution in [0.3, 0.4) is 0 Å². The first-order valence-electron chi connectivity index (χ1n) is 9.61. The molecule has 0 amide bonds. The highest BCUT2D eigenvalue weighted by Crippen LogP contribution is 2.38. The number of halogens is 1. The molecule has 150 valence electrons. The first-order chi connectivity index (χ1) is 14.6. The summed E-state index contributed by atoms with van der Waals surface area (Å²) in [7, 11) is 1.62. The lowest BCUT2D eigenvalue weighted by Crippen LogP contribution is -2.22. The van der Waals surface area contributed by atoms with E-state index in [1.54, 1.807) is 37.6 Å². The number of carbonyl (C=O) groups is 1. The fraction of sp³-hybridized carbons (Fsp3) is 0.174. The van der Waals surface area contributed by atoms with Gasteiger partial charge in [0.15, 0.2) is 11.4 Å². The molecule has 2 aromatic heterocycles. The van der Waals surface area contributed by atoms with Gasteiger partial charge in [-0.2, -0.15) is 0 Å². The number of ketones is 1. The number of hydrogen-bond donors (Lipinski definition) is 1. The Bertz CT molecular complexity index is 1360. The number of para-hydroxylation sites is 1. The number of carbonyl (C=O) groups excluding carboxylic acids is 1. The molecule has 2 aromatic carbocycles. The SMILES string of the molecule is COc1ccccc1[C@@H]1CC(=O)c2cnc3[nH]n(-c4cccc(Cl)c4)c(=O)c3c2C1. The quantitative estimate of drug-likeness (QED) is 0.537. The number of H-pyrrole nitrogens is 1. The molecular formula is C23H18ClN3O3. The first kappa shape index (κ1) is 18.6. The van der Waals surface area contributed by atoms with Crippen LogP contribution < -0.4 is 10.3 Å². The van der Waals surface area contributed by atoms with E-state index >= 15 is 0 Å². The van der Waals surface area contributed by atoms with Crippen LogP contribution in [0.4, 0.5) is 0 Å². The average molecular weight is 420 g/mol. The maximum Gasteiger partial charge on any atom is 0.281 e. The zero-order valence-electron chi connectivity index (χ0n) is 16.2. The molecule has 30 heavy (non-hydrogen) atoms. The highest BCUT2D eigenvalue weighted by atomic mass is 35.5. The van der Waals surface area contributed by atoms with Crippen LogP contribution in [0.2, 0.25) is 5.02 Å². The Kier molecular flexibility index (Phi) is 4.44. The van der Waals surface area contributed by atoms with Crippen LogP contribution in [0, 0.1) is 0 Å². The maximum absolute atomic E-state index is 13.3. The fourth-order valence-electron chi connectivity index (χ4n) is 4.26. The van der Waals surface area contributed by atoms with Gasteiger partial charge in [-0.15, -0.1) is 0 Å². The minimum absolute atomic E-state index is 0.0172. The van der Waals surface area contributed by atoms with Crippen LogP contribution in [-0.4, -0.2) is 27.7 Å². The summed E-state index contributed by atoms with van der Waals surface area (Å²) < 4.78 is 6.92. The van der Waals surface area contributed by atoms with Crippen molar-refractivity contribution in [2.24, 2.45) is 0 Å². The number of hydrogen-bond acceptors (Lipinski definition) is 4.